The molecule has 0 radical (unpaired) electrons. The quantitative estimate of drug-likeness (QED) is 0.0208. The van der Waals surface area contributed by atoms with Crippen molar-refractivity contribution in [2.24, 2.45) is 0 Å². The van der Waals surface area contributed by atoms with E-state index >= 15 is 0 Å². The first kappa shape index (κ1) is 49.9. The monoisotopic (exact) mass is 739 g/mol. The van der Waals surface area contributed by atoms with E-state index in [9.17, 15) is 14.4 Å². The molecule has 6 heteroatoms. The molecule has 0 rings (SSSR count). The highest BCUT2D eigenvalue weighted by atomic mass is 16.6. The van der Waals surface area contributed by atoms with Crippen molar-refractivity contribution < 1.29 is 28.6 Å². The van der Waals surface area contributed by atoms with Crippen molar-refractivity contribution in [3.63, 3.8) is 0 Å². The Morgan fingerprint density at radius 3 is 1.40 bits per heavy atom. The van der Waals surface area contributed by atoms with Crippen LogP contribution in [0.4, 0.5) is 0 Å². The van der Waals surface area contributed by atoms with Gasteiger partial charge in [-0.3, -0.25) is 14.4 Å². The molecule has 0 aromatic carbocycles. The molecule has 0 amide bonds. The van der Waals surface area contributed by atoms with Gasteiger partial charge < -0.3 is 14.2 Å². The fourth-order valence-electron chi connectivity index (χ4n) is 5.46. The Labute approximate surface area is 325 Å². The van der Waals surface area contributed by atoms with Gasteiger partial charge in [0.25, 0.3) is 0 Å². The van der Waals surface area contributed by atoms with Gasteiger partial charge in [0.05, 0.1) is 0 Å². The maximum atomic E-state index is 12.6. The van der Waals surface area contributed by atoms with Crippen molar-refractivity contribution in [2.45, 2.75) is 194 Å². The Balaban J connectivity index is 4.47. The standard InChI is InChI=1S/C47H78O6/c1-4-7-10-13-16-19-21-22-23-24-26-28-31-34-37-40-46(49)52-43-44(42-51-45(48)39-36-33-30-27-18-15-12-9-6-3)53-47(50)41-38-35-32-29-25-20-17-14-11-8-5-2/h8,11,16-17,19-22,27,29-30,32,44H,4-7,9-10,12-15,18,23-26,28,31,33-43H2,1-3H3/b11-8-,19-16-,20-17-,22-21-,30-27-,32-29-. The third-order valence-corrected chi connectivity index (χ3v) is 8.69. The lowest BCUT2D eigenvalue weighted by Gasteiger charge is -2.18. The maximum absolute atomic E-state index is 12.6. The Bertz CT molecular complexity index is 1030. The van der Waals surface area contributed by atoms with Gasteiger partial charge in [-0.05, 0) is 89.9 Å². The fourth-order valence-corrected chi connectivity index (χ4v) is 5.46. The first-order valence-electron chi connectivity index (χ1n) is 21.5. The lowest BCUT2D eigenvalue weighted by Crippen LogP contribution is -2.30. The number of ether oxygens (including phenoxy) is 3. The summed E-state index contributed by atoms with van der Waals surface area (Å²) in [5.74, 6) is -1.02. The predicted molar refractivity (Wildman–Crippen MR) is 224 cm³/mol. The molecule has 302 valence electrons. The molecule has 1 unspecified atom stereocenters. The Kier molecular flexibility index (Phi) is 39.1. The summed E-state index contributed by atoms with van der Waals surface area (Å²) in [6.07, 6.45) is 50.4. The van der Waals surface area contributed by atoms with Crippen LogP contribution in [-0.4, -0.2) is 37.2 Å². The number of carbonyl (C=O) groups excluding carboxylic acids is 3. The van der Waals surface area contributed by atoms with E-state index in [1.807, 2.05) is 0 Å². The van der Waals surface area contributed by atoms with Crippen LogP contribution in [0.1, 0.15) is 188 Å². The second-order valence-electron chi connectivity index (χ2n) is 13.9. The first-order chi connectivity index (χ1) is 26.0. The van der Waals surface area contributed by atoms with Gasteiger partial charge in [-0.2, -0.15) is 0 Å². The summed E-state index contributed by atoms with van der Waals surface area (Å²) in [6, 6.07) is 0. The van der Waals surface area contributed by atoms with Gasteiger partial charge in [0.1, 0.15) is 13.2 Å². The van der Waals surface area contributed by atoms with E-state index < -0.39 is 6.10 Å². The van der Waals surface area contributed by atoms with Gasteiger partial charge in [0.15, 0.2) is 6.10 Å². The molecule has 6 nitrogen and oxygen atoms in total. The van der Waals surface area contributed by atoms with E-state index in [0.717, 1.165) is 70.6 Å². The molecule has 0 aliphatic heterocycles. The topological polar surface area (TPSA) is 78.9 Å². The van der Waals surface area contributed by atoms with Crippen LogP contribution in [0, 0.1) is 0 Å². The zero-order chi connectivity index (χ0) is 38.7. The molecule has 0 fully saturated rings. The van der Waals surface area contributed by atoms with Crippen molar-refractivity contribution >= 4 is 17.9 Å². The van der Waals surface area contributed by atoms with Crippen LogP contribution in [0.15, 0.2) is 72.9 Å². The summed E-state index contributed by atoms with van der Waals surface area (Å²) < 4.78 is 16.5. The van der Waals surface area contributed by atoms with Crippen LogP contribution < -0.4 is 0 Å². The number of hydrogen-bond acceptors (Lipinski definition) is 6. The van der Waals surface area contributed by atoms with Gasteiger partial charge in [-0.15, -0.1) is 0 Å². The first-order valence-corrected chi connectivity index (χ1v) is 21.5. The van der Waals surface area contributed by atoms with Crippen LogP contribution in [-0.2, 0) is 28.6 Å². The van der Waals surface area contributed by atoms with E-state index in [2.05, 4.69) is 93.7 Å². The molecule has 0 heterocycles. The summed E-state index contributed by atoms with van der Waals surface area (Å²) in [5.41, 5.74) is 0. The molecule has 53 heavy (non-hydrogen) atoms. The molecule has 0 aliphatic rings. The van der Waals surface area contributed by atoms with E-state index in [1.54, 1.807) is 0 Å². The van der Waals surface area contributed by atoms with Gasteiger partial charge in [-0.25, -0.2) is 0 Å². The normalized spacial score (nSPS) is 12.7. The molecule has 0 saturated carbocycles. The minimum atomic E-state index is -0.813. The molecule has 0 N–H and O–H groups in total. The fraction of sp³-hybridized carbons (Fsp3) is 0.681. The summed E-state index contributed by atoms with van der Waals surface area (Å²) in [6.45, 7) is 6.34. The Morgan fingerprint density at radius 1 is 0.415 bits per heavy atom. The van der Waals surface area contributed by atoms with Crippen LogP contribution in [0.3, 0.4) is 0 Å². The van der Waals surface area contributed by atoms with E-state index in [-0.39, 0.29) is 37.5 Å². The second kappa shape index (κ2) is 41.6. The highest BCUT2D eigenvalue weighted by molar-refractivity contribution is 5.71. The third-order valence-electron chi connectivity index (χ3n) is 8.69. The Morgan fingerprint density at radius 2 is 0.811 bits per heavy atom. The van der Waals surface area contributed by atoms with Crippen molar-refractivity contribution in [2.75, 3.05) is 13.2 Å². The van der Waals surface area contributed by atoms with E-state index in [4.69, 9.17) is 14.2 Å². The predicted octanol–water partition coefficient (Wildman–Crippen LogP) is 13.5. The van der Waals surface area contributed by atoms with E-state index in [0.29, 0.717) is 25.7 Å². The lowest BCUT2D eigenvalue weighted by atomic mass is 10.1. The summed E-state index contributed by atoms with van der Waals surface area (Å²) in [5, 5.41) is 0. The van der Waals surface area contributed by atoms with Crippen LogP contribution >= 0.6 is 0 Å². The average molecular weight is 739 g/mol. The largest absolute Gasteiger partial charge is 0.462 e. The van der Waals surface area contributed by atoms with Gasteiger partial charge in [0, 0.05) is 19.3 Å². The highest BCUT2D eigenvalue weighted by Gasteiger charge is 2.19. The van der Waals surface area contributed by atoms with Crippen molar-refractivity contribution in [3.05, 3.63) is 72.9 Å². The molecule has 0 spiro atoms. The van der Waals surface area contributed by atoms with Gasteiger partial charge >= 0.3 is 17.9 Å². The Hall–Kier alpha value is -3.15. The minimum absolute atomic E-state index is 0.111. The number of esters is 3. The van der Waals surface area contributed by atoms with E-state index in [1.165, 1.54) is 64.2 Å². The van der Waals surface area contributed by atoms with Crippen LogP contribution in [0.2, 0.25) is 0 Å². The molecular formula is C47H78O6. The molecule has 0 bridgehead atoms. The number of hydrogen-bond donors (Lipinski definition) is 0. The zero-order valence-electron chi connectivity index (χ0n) is 34.3. The van der Waals surface area contributed by atoms with Gasteiger partial charge in [-0.1, -0.05) is 151 Å². The average Bonchev–Trinajstić information content (AvgIpc) is 3.15. The third kappa shape index (κ3) is 39.9. The number of carbonyl (C=O) groups is 3. The summed E-state index contributed by atoms with van der Waals surface area (Å²) >= 11 is 0. The smallest absolute Gasteiger partial charge is 0.306 e. The highest BCUT2D eigenvalue weighted by Crippen LogP contribution is 2.11. The van der Waals surface area contributed by atoms with Gasteiger partial charge in [0.2, 0.25) is 0 Å². The maximum Gasteiger partial charge on any atom is 0.306 e. The molecular weight excluding hydrogens is 661 g/mol. The SMILES string of the molecule is CC/C=C\C/C=C\C/C=C\CCCC(=O)OC(COC(=O)CCC/C=C\CCCCCC)COC(=O)CCCCCCCC/C=C\C=C/CCCCC. The molecule has 0 saturated heterocycles. The molecule has 0 aromatic rings. The van der Waals surface area contributed by atoms with Crippen LogP contribution in [0.25, 0.3) is 0 Å². The lowest BCUT2D eigenvalue weighted by molar-refractivity contribution is -0.167. The van der Waals surface area contributed by atoms with Crippen molar-refractivity contribution in [3.8, 4) is 0 Å². The van der Waals surface area contributed by atoms with Crippen LogP contribution in [0.5, 0.6) is 0 Å². The molecule has 0 aliphatic carbocycles. The number of unbranched alkanes of at least 4 members (excludes halogenated alkanes) is 15. The number of rotatable bonds is 37. The summed E-state index contributed by atoms with van der Waals surface area (Å²) in [4.78, 5) is 37.5. The molecule has 1 atom stereocenters. The van der Waals surface area contributed by atoms with Crippen molar-refractivity contribution in [1.29, 1.82) is 0 Å². The number of allylic oxidation sites excluding steroid dienone is 12. The minimum Gasteiger partial charge on any atom is -0.462 e. The summed E-state index contributed by atoms with van der Waals surface area (Å²) in [7, 11) is 0. The second-order valence-corrected chi connectivity index (χ2v) is 13.9. The molecule has 0 aromatic heterocycles. The van der Waals surface area contributed by atoms with Crippen molar-refractivity contribution in [1.82, 2.24) is 0 Å². The zero-order valence-corrected chi connectivity index (χ0v) is 34.3.